The summed E-state index contributed by atoms with van der Waals surface area (Å²) in [6.45, 7) is 9.91. The molecule has 0 aliphatic carbocycles. The summed E-state index contributed by atoms with van der Waals surface area (Å²) < 4.78 is 17.5. The standard InChI is InChI=1S/C29H36N2O5/c1-20-22-11-8-12-24(23(22)13-16-31(20)27(33)36-28(2,3)4)25-29(35-25)14-17-30(18-15-29)26(32)34-19-21-9-6-5-7-10-21/h5-12,20,25H,13-19H2,1-4H3. The molecule has 2 unspecified atom stereocenters. The molecule has 0 radical (unpaired) electrons. The third-order valence-corrected chi connectivity index (χ3v) is 7.53. The molecule has 0 bridgehead atoms. The summed E-state index contributed by atoms with van der Waals surface area (Å²) in [5.41, 5.74) is 3.93. The van der Waals surface area contributed by atoms with E-state index in [0.29, 0.717) is 19.6 Å². The lowest BCUT2D eigenvalue weighted by Crippen LogP contribution is -2.43. The van der Waals surface area contributed by atoms with Gasteiger partial charge in [0, 0.05) is 19.6 Å². The largest absolute Gasteiger partial charge is 0.445 e. The van der Waals surface area contributed by atoms with Gasteiger partial charge in [-0.05, 0) is 69.2 Å². The number of fused-ring (bicyclic) bond motifs is 1. The second kappa shape index (κ2) is 9.43. The number of hydrogen-bond acceptors (Lipinski definition) is 5. The van der Waals surface area contributed by atoms with Crippen LogP contribution in [0.5, 0.6) is 0 Å². The van der Waals surface area contributed by atoms with Crippen molar-refractivity contribution in [2.24, 2.45) is 0 Å². The molecule has 2 atom stereocenters. The number of rotatable bonds is 3. The summed E-state index contributed by atoms with van der Waals surface area (Å²) in [6, 6.07) is 16.0. The van der Waals surface area contributed by atoms with Crippen LogP contribution in [0.4, 0.5) is 9.59 Å². The average molecular weight is 493 g/mol. The minimum absolute atomic E-state index is 0.0372. The molecule has 2 saturated heterocycles. The van der Waals surface area contributed by atoms with E-state index in [2.05, 4.69) is 25.1 Å². The zero-order valence-electron chi connectivity index (χ0n) is 21.7. The summed E-state index contributed by atoms with van der Waals surface area (Å²) in [4.78, 5) is 28.9. The number of carbonyl (C=O) groups excluding carboxylic acids is 2. The van der Waals surface area contributed by atoms with Crippen molar-refractivity contribution >= 4 is 12.2 Å². The van der Waals surface area contributed by atoms with Gasteiger partial charge < -0.3 is 24.0 Å². The van der Waals surface area contributed by atoms with Gasteiger partial charge in [-0.2, -0.15) is 0 Å². The van der Waals surface area contributed by atoms with Crippen molar-refractivity contribution in [3.05, 3.63) is 70.8 Å². The Morgan fingerprint density at radius 3 is 2.36 bits per heavy atom. The first-order valence-electron chi connectivity index (χ1n) is 12.9. The minimum atomic E-state index is -0.518. The molecule has 5 rings (SSSR count). The smallest absolute Gasteiger partial charge is 0.410 e. The van der Waals surface area contributed by atoms with Crippen molar-refractivity contribution in [1.29, 1.82) is 0 Å². The third-order valence-electron chi connectivity index (χ3n) is 7.53. The predicted molar refractivity (Wildman–Crippen MR) is 135 cm³/mol. The minimum Gasteiger partial charge on any atom is -0.445 e. The summed E-state index contributed by atoms with van der Waals surface area (Å²) in [5.74, 6) is 0. The molecule has 3 aliphatic rings. The molecule has 7 nitrogen and oxygen atoms in total. The molecule has 2 aromatic rings. The van der Waals surface area contributed by atoms with Crippen molar-refractivity contribution in [3.63, 3.8) is 0 Å². The van der Waals surface area contributed by atoms with E-state index in [-0.39, 0.29) is 36.5 Å². The summed E-state index contributed by atoms with van der Waals surface area (Å²) in [5, 5.41) is 0. The molecular formula is C29H36N2O5. The van der Waals surface area contributed by atoms with Crippen molar-refractivity contribution in [2.75, 3.05) is 19.6 Å². The Bertz CT molecular complexity index is 1120. The van der Waals surface area contributed by atoms with E-state index in [9.17, 15) is 9.59 Å². The number of nitrogens with zero attached hydrogens (tertiary/aromatic N) is 2. The van der Waals surface area contributed by atoms with Gasteiger partial charge in [0.15, 0.2) is 0 Å². The number of benzene rings is 2. The first-order valence-corrected chi connectivity index (χ1v) is 12.9. The SMILES string of the molecule is CC1c2cccc(C3OC34CCN(C(=O)OCc3ccccc3)CC4)c2CCN1C(=O)OC(C)(C)C. The molecule has 2 amide bonds. The number of piperidine rings is 1. The molecule has 36 heavy (non-hydrogen) atoms. The third kappa shape index (κ3) is 4.94. The summed E-state index contributed by atoms with van der Waals surface area (Å²) >= 11 is 0. The lowest BCUT2D eigenvalue weighted by atomic mass is 9.83. The van der Waals surface area contributed by atoms with E-state index >= 15 is 0 Å². The molecule has 3 heterocycles. The van der Waals surface area contributed by atoms with E-state index < -0.39 is 5.60 Å². The Kier molecular flexibility index (Phi) is 6.45. The van der Waals surface area contributed by atoms with E-state index in [0.717, 1.165) is 30.4 Å². The van der Waals surface area contributed by atoms with Crippen LogP contribution in [0, 0.1) is 0 Å². The van der Waals surface area contributed by atoms with Gasteiger partial charge in [-0.1, -0.05) is 48.5 Å². The number of carbonyl (C=O) groups is 2. The molecule has 1 spiro atoms. The predicted octanol–water partition coefficient (Wildman–Crippen LogP) is 5.78. The Labute approximate surface area is 213 Å². The van der Waals surface area contributed by atoms with Crippen molar-refractivity contribution in [1.82, 2.24) is 9.80 Å². The number of ether oxygens (including phenoxy) is 3. The van der Waals surface area contributed by atoms with E-state index in [1.54, 1.807) is 4.90 Å². The molecule has 7 heteroatoms. The second-order valence-corrected chi connectivity index (χ2v) is 11.1. The fraction of sp³-hybridized carbons (Fsp3) is 0.517. The van der Waals surface area contributed by atoms with Crippen LogP contribution in [-0.2, 0) is 27.2 Å². The van der Waals surface area contributed by atoms with Crippen molar-refractivity contribution < 1.29 is 23.8 Å². The van der Waals surface area contributed by atoms with Gasteiger partial charge in [0.25, 0.3) is 0 Å². The van der Waals surface area contributed by atoms with Crippen LogP contribution in [0.25, 0.3) is 0 Å². The van der Waals surface area contributed by atoms with Crippen LogP contribution in [0.2, 0.25) is 0 Å². The fourth-order valence-electron chi connectivity index (χ4n) is 5.52. The molecule has 2 aromatic carbocycles. The topological polar surface area (TPSA) is 71.6 Å². The lowest BCUT2D eigenvalue weighted by molar-refractivity contribution is 0.0159. The van der Waals surface area contributed by atoms with Crippen LogP contribution >= 0.6 is 0 Å². The highest BCUT2D eigenvalue weighted by Crippen LogP contribution is 2.57. The van der Waals surface area contributed by atoms with Crippen molar-refractivity contribution in [3.8, 4) is 0 Å². The van der Waals surface area contributed by atoms with Crippen LogP contribution < -0.4 is 0 Å². The fourth-order valence-corrected chi connectivity index (χ4v) is 5.52. The van der Waals surface area contributed by atoms with Crippen molar-refractivity contribution in [2.45, 2.75) is 76.9 Å². The number of epoxide rings is 1. The van der Waals surface area contributed by atoms with Gasteiger partial charge >= 0.3 is 12.2 Å². The molecule has 3 aliphatic heterocycles. The Morgan fingerprint density at radius 2 is 1.67 bits per heavy atom. The molecule has 0 aromatic heterocycles. The summed E-state index contributed by atoms with van der Waals surface area (Å²) in [7, 11) is 0. The van der Waals surface area contributed by atoms with Crippen LogP contribution in [0.15, 0.2) is 48.5 Å². The normalized spacial score (nSPS) is 22.7. The quantitative estimate of drug-likeness (QED) is 0.508. The highest BCUT2D eigenvalue weighted by atomic mass is 16.6. The highest BCUT2D eigenvalue weighted by molar-refractivity contribution is 5.70. The second-order valence-electron chi connectivity index (χ2n) is 11.1. The summed E-state index contributed by atoms with van der Waals surface area (Å²) in [6.07, 6.45) is 1.87. The van der Waals surface area contributed by atoms with E-state index in [4.69, 9.17) is 14.2 Å². The first kappa shape index (κ1) is 24.6. The zero-order chi connectivity index (χ0) is 25.5. The van der Waals surface area contributed by atoms with Gasteiger partial charge in [-0.15, -0.1) is 0 Å². The first-order chi connectivity index (χ1) is 17.2. The Hall–Kier alpha value is -3.06. The van der Waals surface area contributed by atoms with Gasteiger partial charge in [-0.25, -0.2) is 9.59 Å². The Balaban J connectivity index is 1.21. The number of likely N-dealkylation sites (tertiary alicyclic amines) is 1. The van der Waals surface area contributed by atoms with Crippen LogP contribution in [0.3, 0.4) is 0 Å². The molecule has 2 fully saturated rings. The maximum Gasteiger partial charge on any atom is 0.410 e. The monoisotopic (exact) mass is 492 g/mol. The van der Waals surface area contributed by atoms with Gasteiger partial charge in [0.05, 0.1) is 6.04 Å². The van der Waals surface area contributed by atoms with E-state index in [1.165, 1.54) is 11.1 Å². The van der Waals surface area contributed by atoms with Gasteiger partial charge in [0.2, 0.25) is 0 Å². The molecular weight excluding hydrogens is 456 g/mol. The zero-order valence-corrected chi connectivity index (χ0v) is 21.7. The average Bonchev–Trinajstić information content (AvgIpc) is 3.55. The highest BCUT2D eigenvalue weighted by Gasteiger charge is 2.59. The molecule has 0 saturated carbocycles. The molecule has 0 N–H and O–H groups in total. The number of amides is 2. The van der Waals surface area contributed by atoms with Crippen LogP contribution in [0.1, 0.15) is 74.9 Å². The number of hydrogen-bond donors (Lipinski definition) is 0. The van der Waals surface area contributed by atoms with E-state index in [1.807, 2.05) is 56.0 Å². The molecule has 192 valence electrons. The van der Waals surface area contributed by atoms with Crippen LogP contribution in [-0.4, -0.2) is 52.8 Å². The maximum absolute atomic E-state index is 12.8. The Morgan fingerprint density at radius 1 is 0.972 bits per heavy atom. The lowest BCUT2D eigenvalue weighted by Gasteiger charge is -2.37. The van der Waals surface area contributed by atoms with Gasteiger partial charge in [-0.3, -0.25) is 0 Å². The van der Waals surface area contributed by atoms with Gasteiger partial charge in [0.1, 0.15) is 23.9 Å². The maximum atomic E-state index is 12.8.